The summed E-state index contributed by atoms with van der Waals surface area (Å²) in [6, 6.07) is 5.48. The molecule has 0 radical (unpaired) electrons. The van der Waals surface area contributed by atoms with Gasteiger partial charge in [0.2, 0.25) is 0 Å². The molecule has 0 saturated heterocycles. The number of rotatable bonds is 2. The Morgan fingerprint density at radius 2 is 1.76 bits per heavy atom. The zero-order valence-electron chi connectivity index (χ0n) is 10.8. The highest BCUT2D eigenvalue weighted by Crippen LogP contribution is 2.34. The number of aryl methyl sites for hydroxylation is 1. The fourth-order valence-electron chi connectivity index (χ4n) is 1.75. The van der Waals surface area contributed by atoms with Gasteiger partial charge in [-0.3, -0.25) is 4.79 Å². The van der Waals surface area contributed by atoms with Crippen LogP contribution in [0.2, 0.25) is 0 Å². The molecule has 0 bridgehead atoms. The van der Waals surface area contributed by atoms with Crippen molar-refractivity contribution >= 4 is 49.1 Å². The third-order valence-corrected chi connectivity index (χ3v) is 4.07. The van der Waals surface area contributed by atoms with Crippen LogP contribution in [0.5, 0.6) is 0 Å². The molecule has 3 N–H and O–H groups in total. The van der Waals surface area contributed by atoms with Crippen molar-refractivity contribution in [3.05, 3.63) is 56.0 Å². The maximum absolute atomic E-state index is 13.9. The van der Waals surface area contributed by atoms with Gasteiger partial charge in [0.25, 0.3) is 5.91 Å². The number of carbonyl (C=O) groups is 1. The van der Waals surface area contributed by atoms with E-state index in [-0.39, 0.29) is 5.56 Å². The topological polar surface area (TPSA) is 55.1 Å². The SMILES string of the molecule is Cc1ccc(F)c(C(=O)Nc2c(Br)cc(N)cc2Br)c1F. The first-order valence-corrected chi connectivity index (χ1v) is 7.40. The molecule has 0 aliphatic rings. The number of hydrogen-bond acceptors (Lipinski definition) is 2. The molecule has 0 aliphatic heterocycles. The van der Waals surface area contributed by atoms with Crippen LogP contribution < -0.4 is 11.1 Å². The average molecular weight is 420 g/mol. The number of amides is 1. The lowest BCUT2D eigenvalue weighted by molar-refractivity contribution is 0.101. The summed E-state index contributed by atoms with van der Waals surface area (Å²) in [5.74, 6) is -2.67. The third-order valence-electron chi connectivity index (χ3n) is 2.81. The summed E-state index contributed by atoms with van der Waals surface area (Å²) < 4.78 is 28.6. The van der Waals surface area contributed by atoms with Crippen LogP contribution in [0.4, 0.5) is 20.2 Å². The molecule has 0 heterocycles. The van der Waals surface area contributed by atoms with Gasteiger partial charge in [-0.25, -0.2) is 8.78 Å². The Morgan fingerprint density at radius 1 is 1.19 bits per heavy atom. The number of carbonyl (C=O) groups excluding carboxylic acids is 1. The van der Waals surface area contributed by atoms with E-state index in [0.717, 1.165) is 6.07 Å². The molecule has 2 rings (SSSR count). The van der Waals surface area contributed by atoms with Crippen molar-refractivity contribution in [1.82, 2.24) is 0 Å². The van der Waals surface area contributed by atoms with E-state index in [4.69, 9.17) is 5.73 Å². The summed E-state index contributed by atoms with van der Waals surface area (Å²) in [5, 5.41) is 2.46. The predicted octanol–water partition coefficient (Wildman–Crippen LogP) is 4.63. The van der Waals surface area contributed by atoms with Crippen molar-refractivity contribution in [2.24, 2.45) is 0 Å². The van der Waals surface area contributed by atoms with E-state index in [1.54, 1.807) is 12.1 Å². The molecule has 110 valence electrons. The fraction of sp³-hybridized carbons (Fsp3) is 0.0714. The summed E-state index contributed by atoms with van der Waals surface area (Å²) in [5.41, 5.74) is 6.03. The van der Waals surface area contributed by atoms with E-state index >= 15 is 0 Å². The molecular weight excluding hydrogens is 410 g/mol. The Labute approximate surface area is 136 Å². The second-order valence-corrected chi connectivity index (χ2v) is 6.08. The highest BCUT2D eigenvalue weighted by atomic mass is 79.9. The van der Waals surface area contributed by atoms with Crippen molar-refractivity contribution in [3.8, 4) is 0 Å². The van der Waals surface area contributed by atoms with Gasteiger partial charge < -0.3 is 11.1 Å². The third kappa shape index (κ3) is 3.24. The Kier molecular flexibility index (Phi) is 4.63. The molecule has 0 unspecified atom stereocenters. The molecule has 0 saturated carbocycles. The minimum atomic E-state index is -0.918. The van der Waals surface area contributed by atoms with Crippen molar-refractivity contribution in [2.45, 2.75) is 6.92 Å². The van der Waals surface area contributed by atoms with Gasteiger partial charge in [0.1, 0.15) is 17.2 Å². The van der Waals surface area contributed by atoms with Crippen LogP contribution in [0.25, 0.3) is 0 Å². The van der Waals surface area contributed by atoms with Crippen LogP contribution in [0.3, 0.4) is 0 Å². The molecule has 0 aliphatic carbocycles. The van der Waals surface area contributed by atoms with E-state index in [2.05, 4.69) is 37.2 Å². The first kappa shape index (κ1) is 15.9. The van der Waals surface area contributed by atoms with Crippen LogP contribution in [0.1, 0.15) is 15.9 Å². The lowest BCUT2D eigenvalue weighted by Crippen LogP contribution is -2.17. The zero-order valence-corrected chi connectivity index (χ0v) is 14.0. The molecule has 0 atom stereocenters. The number of anilines is 2. The molecule has 21 heavy (non-hydrogen) atoms. The molecule has 0 spiro atoms. The summed E-state index contributed by atoms with van der Waals surface area (Å²) in [7, 11) is 0. The smallest absolute Gasteiger partial charge is 0.261 e. The van der Waals surface area contributed by atoms with E-state index < -0.39 is 23.1 Å². The van der Waals surface area contributed by atoms with Crippen LogP contribution >= 0.6 is 31.9 Å². The number of benzene rings is 2. The second-order valence-electron chi connectivity index (χ2n) is 4.37. The van der Waals surface area contributed by atoms with Gasteiger partial charge in [0, 0.05) is 14.6 Å². The summed E-state index contributed by atoms with van der Waals surface area (Å²) in [6.07, 6.45) is 0. The van der Waals surface area contributed by atoms with Gasteiger partial charge in [-0.15, -0.1) is 0 Å². The van der Waals surface area contributed by atoms with Crippen molar-refractivity contribution in [2.75, 3.05) is 11.1 Å². The second kappa shape index (κ2) is 6.11. The standard InChI is InChI=1S/C14H10Br2F2N2O/c1-6-2-3-10(17)11(12(6)18)14(21)20-13-8(15)4-7(19)5-9(13)16/h2-5H,19H2,1H3,(H,20,21). The van der Waals surface area contributed by atoms with Gasteiger partial charge in [-0.05, 0) is 62.5 Å². The van der Waals surface area contributed by atoms with E-state index in [0.29, 0.717) is 20.3 Å². The number of halogens is 4. The molecule has 2 aromatic rings. The summed E-state index contributed by atoms with van der Waals surface area (Å²) >= 11 is 6.48. The number of hydrogen-bond donors (Lipinski definition) is 2. The largest absolute Gasteiger partial charge is 0.399 e. The monoisotopic (exact) mass is 418 g/mol. The predicted molar refractivity (Wildman–Crippen MR) is 85.3 cm³/mol. The highest BCUT2D eigenvalue weighted by molar-refractivity contribution is 9.11. The highest BCUT2D eigenvalue weighted by Gasteiger charge is 2.20. The van der Waals surface area contributed by atoms with Crippen LogP contribution in [0.15, 0.2) is 33.2 Å². The molecule has 0 aromatic heterocycles. The summed E-state index contributed by atoms with van der Waals surface area (Å²) in [4.78, 5) is 12.1. The van der Waals surface area contributed by atoms with Crippen molar-refractivity contribution in [3.63, 3.8) is 0 Å². The van der Waals surface area contributed by atoms with Gasteiger partial charge >= 0.3 is 0 Å². The number of nitrogens with two attached hydrogens (primary N) is 1. The molecule has 7 heteroatoms. The molecule has 3 nitrogen and oxygen atoms in total. The van der Waals surface area contributed by atoms with Gasteiger partial charge in [0.15, 0.2) is 0 Å². The minimum Gasteiger partial charge on any atom is -0.399 e. The van der Waals surface area contributed by atoms with Crippen molar-refractivity contribution < 1.29 is 13.6 Å². The van der Waals surface area contributed by atoms with Gasteiger partial charge in [-0.2, -0.15) is 0 Å². The Balaban J connectivity index is 2.42. The Hall–Kier alpha value is -1.47. The lowest BCUT2D eigenvalue weighted by atomic mass is 10.1. The Bertz CT molecular complexity index is 712. The van der Waals surface area contributed by atoms with Crippen LogP contribution in [0, 0.1) is 18.6 Å². The zero-order chi connectivity index (χ0) is 15.7. The summed E-state index contributed by atoms with van der Waals surface area (Å²) in [6.45, 7) is 1.46. The fourth-order valence-corrected chi connectivity index (χ4v) is 3.17. The molecular formula is C14H10Br2F2N2O. The average Bonchev–Trinajstić information content (AvgIpc) is 2.38. The van der Waals surface area contributed by atoms with Crippen molar-refractivity contribution in [1.29, 1.82) is 0 Å². The van der Waals surface area contributed by atoms with E-state index in [1.165, 1.54) is 13.0 Å². The molecule has 2 aromatic carbocycles. The van der Waals surface area contributed by atoms with E-state index in [1.807, 2.05) is 0 Å². The number of nitrogen functional groups attached to an aromatic ring is 1. The first-order valence-electron chi connectivity index (χ1n) is 5.81. The van der Waals surface area contributed by atoms with Gasteiger partial charge in [-0.1, -0.05) is 6.07 Å². The van der Waals surface area contributed by atoms with Crippen LogP contribution in [-0.2, 0) is 0 Å². The first-order chi connectivity index (χ1) is 9.81. The Morgan fingerprint density at radius 3 is 2.33 bits per heavy atom. The minimum absolute atomic E-state index is 0.192. The number of nitrogens with one attached hydrogen (secondary N) is 1. The maximum atomic E-state index is 13.9. The van der Waals surface area contributed by atoms with E-state index in [9.17, 15) is 13.6 Å². The maximum Gasteiger partial charge on any atom is 0.261 e. The molecule has 0 fully saturated rings. The van der Waals surface area contributed by atoms with Crippen LogP contribution in [-0.4, -0.2) is 5.91 Å². The molecule has 1 amide bonds. The van der Waals surface area contributed by atoms with Gasteiger partial charge in [0.05, 0.1) is 5.69 Å². The normalized spacial score (nSPS) is 10.5. The quantitative estimate of drug-likeness (QED) is 0.697. The lowest BCUT2D eigenvalue weighted by Gasteiger charge is -2.12.